The number of benzene rings is 1. The van der Waals surface area contributed by atoms with Gasteiger partial charge in [0.1, 0.15) is 0 Å². The van der Waals surface area contributed by atoms with E-state index in [0.29, 0.717) is 5.92 Å². The Labute approximate surface area is 99.8 Å². The van der Waals surface area contributed by atoms with E-state index in [1.807, 2.05) is 13.8 Å². The topological polar surface area (TPSA) is 9.23 Å². The van der Waals surface area contributed by atoms with Gasteiger partial charge in [0.05, 0.1) is 6.61 Å². The van der Waals surface area contributed by atoms with Gasteiger partial charge in [0.25, 0.3) is 0 Å². The van der Waals surface area contributed by atoms with Crippen molar-refractivity contribution in [3.63, 3.8) is 0 Å². The Balaban J connectivity index is 0.000000606. The second kappa shape index (κ2) is 6.70. The first-order chi connectivity index (χ1) is 7.81. The van der Waals surface area contributed by atoms with E-state index >= 15 is 0 Å². The lowest BCUT2D eigenvalue weighted by molar-refractivity contribution is 0.194. The molecule has 1 aromatic carbocycles. The predicted octanol–water partition coefficient (Wildman–Crippen LogP) is 4.09. The van der Waals surface area contributed by atoms with Gasteiger partial charge in [-0.05, 0) is 30.9 Å². The van der Waals surface area contributed by atoms with E-state index in [1.165, 1.54) is 23.1 Å². The monoisotopic (exact) mass is 220 g/mol. The molecule has 1 aliphatic rings. The van der Waals surface area contributed by atoms with Gasteiger partial charge in [-0.15, -0.1) is 0 Å². The van der Waals surface area contributed by atoms with Crippen molar-refractivity contribution in [3.05, 3.63) is 34.9 Å². The Kier molecular flexibility index (Phi) is 5.54. The number of aryl methyl sites for hydroxylation is 2. The molecule has 0 saturated carbocycles. The zero-order chi connectivity index (χ0) is 12.0. The second-order valence-corrected chi connectivity index (χ2v) is 4.12. The lowest BCUT2D eigenvalue weighted by Gasteiger charge is -2.13. The molecule has 0 spiro atoms. The van der Waals surface area contributed by atoms with E-state index in [-0.39, 0.29) is 0 Å². The van der Waals surface area contributed by atoms with Crippen LogP contribution in [-0.4, -0.2) is 13.2 Å². The van der Waals surface area contributed by atoms with E-state index in [1.54, 1.807) is 0 Å². The van der Waals surface area contributed by atoms with Crippen LogP contribution in [0.4, 0.5) is 0 Å². The Morgan fingerprint density at radius 3 is 2.62 bits per heavy atom. The Morgan fingerprint density at radius 2 is 2.06 bits per heavy atom. The summed E-state index contributed by atoms with van der Waals surface area (Å²) in [5.74, 6) is 0.644. The first-order valence-corrected chi connectivity index (χ1v) is 6.48. The highest BCUT2D eigenvalue weighted by Gasteiger charge is 2.19. The molecule has 0 radical (unpaired) electrons. The third-order valence-electron chi connectivity index (χ3n) is 3.05. The molecule has 0 aromatic heterocycles. The van der Waals surface area contributed by atoms with E-state index in [2.05, 4.69) is 32.0 Å². The first kappa shape index (κ1) is 13.2. The summed E-state index contributed by atoms with van der Waals surface area (Å²) in [6.45, 7) is 10.2. The fourth-order valence-corrected chi connectivity index (χ4v) is 2.22. The number of hydrogen-bond acceptors (Lipinski definition) is 1. The van der Waals surface area contributed by atoms with Crippen LogP contribution >= 0.6 is 0 Å². The molecular weight excluding hydrogens is 196 g/mol. The minimum absolute atomic E-state index is 0.644. The highest BCUT2D eigenvalue weighted by molar-refractivity contribution is 5.34. The molecule has 1 heteroatoms. The van der Waals surface area contributed by atoms with Gasteiger partial charge < -0.3 is 4.74 Å². The lowest BCUT2D eigenvalue weighted by Crippen LogP contribution is -2.02. The van der Waals surface area contributed by atoms with E-state index in [0.717, 1.165) is 19.6 Å². The van der Waals surface area contributed by atoms with Crippen molar-refractivity contribution in [1.82, 2.24) is 0 Å². The van der Waals surface area contributed by atoms with Crippen LogP contribution in [0, 0.1) is 6.92 Å². The summed E-state index contributed by atoms with van der Waals surface area (Å²) in [6.07, 6.45) is 2.32. The zero-order valence-electron chi connectivity index (χ0n) is 11.0. The molecule has 90 valence electrons. The molecule has 1 unspecified atom stereocenters. The van der Waals surface area contributed by atoms with Crippen molar-refractivity contribution >= 4 is 0 Å². The fourth-order valence-electron chi connectivity index (χ4n) is 2.22. The maximum Gasteiger partial charge on any atom is 0.0535 e. The molecule has 0 amide bonds. The van der Waals surface area contributed by atoms with Crippen LogP contribution in [0.2, 0.25) is 0 Å². The van der Waals surface area contributed by atoms with Crippen LogP contribution in [0.3, 0.4) is 0 Å². The van der Waals surface area contributed by atoms with Gasteiger partial charge in [-0.25, -0.2) is 0 Å². The van der Waals surface area contributed by atoms with Crippen LogP contribution < -0.4 is 0 Å². The molecule has 16 heavy (non-hydrogen) atoms. The van der Waals surface area contributed by atoms with Gasteiger partial charge in [-0.1, -0.05) is 44.5 Å². The largest absolute Gasteiger partial charge is 0.381 e. The van der Waals surface area contributed by atoms with Crippen molar-refractivity contribution in [2.75, 3.05) is 13.2 Å². The van der Waals surface area contributed by atoms with Gasteiger partial charge in [0.15, 0.2) is 0 Å². The van der Waals surface area contributed by atoms with E-state index in [4.69, 9.17) is 4.74 Å². The normalized spacial score (nSPS) is 19.1. The minimum Gasteiger partial charge on any atom is -0.381 e. The highest BCUT2D eigenvalue weighted by atomic mass is 16.5. The molecule has 1 saturated heterocycles. The molecule has 2 rings (SSSR count). The van der Waals surface area contributed by atoms with Crippen molar-refractivity contribution in [2.24, 2.45) is 0 Å². The van der Waals surface area contributed by atoms with Gasteiger partial charge in [-0.3, -0.25) is 0 Å². The minimum atomic E-state index is 0.644. The van der Waals surface area contributed by atoms with Crippen molar-refractivity contribution in [2.45, 2.75) is 46.5 Å². The maximum atomic E-state index is 5.44. The molecule has 1 heterocycles. The molecule has 0 N–H and O–H groups in total. The average molecular weight is 220 g/mol. The first-order valence-electron chi connectivity index (χ1n) is 6.48. The van der Waals surface area contributed by atoms with Crippen LogP contribution in [-0.2, 0) is 11.2 Å². The molecule has 1 atom stereocenters. The molecule has 0 aliphatic carbocycles. The summed E-state index contributed by atoms with van der Waals surface area (Å²) < 4.78 is 5.44. The third kappa shape index (κ3) is 3.08. The zero-order valence-corrected chi connectivity index (χ0v) is 11.0. The van der Waals surface area contributed by atoms with E-state index in [9.17, 15) is 0 Å². The van der Waals surface area contributed by atoms with Gasteiger partial charge >= 0.3 is 0 Å². The number of ether oxygens (including phenoxy) is 1. The van der Waals surface area contributed by atoms with Crippen molar-refractivity contribution in [3.8, 4) is 0 Å². The Morgan fingerprint density at radius 1 is 1.31 bits per heavy atom. The fraction of sp³-hybridized carbons (Fsp3) is 0.600. The van der Waals surface area contributed by atoms with Crippen LogP contribution in [0.5, 0.6) is 0 Å². The highest BCUT2D eigenvalue weighted by Crippen LogP contribution is 2.28. The van der Waals surface area contributed by atoms with Gasteiger partial charge in [-0.2, -0.15) is 0 Å². The van der Waals surface area contributed by atoms with E-state index < -0.39 is 0 Å². The summed E-state index contributed by atoms with van der Waals surface area (Å²) in [7, 11) is 0. The number of hydrogen-bond donors (Lipinski definition) is 0. The van der Waals surface area contributed by atoms with Crippen LogP contribution in [0.25, 0.3) is 0 Å². The van der Waals surface area contributed by atoms with Gasteiger partial charge in [0, 0.05) is 12.5 Å². The lowest BCUT2D eigenvalue weighted by atomic mass is 9.91. The number of rotatable bonds is 2. The molecule has 1 aliphatic heterocycles. The summed E-state index contributed by atoms with van der Waals surface area (Å²) in [4.78, 5) is 0. The standard InChI is InChI=1S/C13H18O.C2H6/c1-3-11-8-10(2)4-5-13(11)12-6-7-14-9-12;1-2/h4-5,8,12H,3,6-7,9H2,1-2H3;1-2H3. The summed E-state index contributed by atoms with van der Waals surface area (Å²) in [6, 6.07) is 6.81. The summed E-state index contributed by atoms with van der Waals surface area (Å²) in [5, 5.41) is 0. The van der Waals surface area contributed by atoms with Crippen molar-refractivity contribution < 1.29 is 4.74 Å². The quantitative estimate of drug-likeness (QED) is 0.729. The second-order valence-electron chi connectivity index (χ2n) is 4.12. The van der Waals surface area contributed by atoms with Crippen LogP contribution in [0.15, 0.2) is 18.2 Å². The Hall–Kier alpha value is -0.820. The van der Waals surface area contributed by atoms with Crippen molar-refractivity contribution in [1.29, 1.82) is 0 Å². The van der Waals surface area contributed by atoms with Gasteiger partial charge in [0.2, 0.25) is 0 Å². The SMILES string of the molecule is CC.CCc1cc(C)ccc1C1CCOC1. The summed E-state index contributed by atoms with van der Waals surface area (Å²) >= 11 is 0. The maximum absolute atomic E-state index is 5.44. The molecular formula is C15H24O. The molecule has 1 fully saturated rings. The molecule has 1 aromatic rings. The predicted molar refractivity (Wildman–Crippen MR) is 70.1 cm³/mol. The Bertz CT molecular complexity index is 311. The summed E-state index contributed by atoms with van der Waals surface area (Å²) in [5.41, 5.74) is 4.38. The van der Waals surface area contributed by atoms with Crippen LogP contribution in [0.1, 0.15) is 49.8 Å². The molecule has 1 nitrogen and oxygen atoms in total. The molecule has 0 bridgehead atoms. The average Bonchev–Trinajstić information content (AvgIpc) is 2.85. The third-order valence-corrected chi connectivity index (χ3v) is 3.05. The smallest absolute Gasteiger partial charge is 0.0535 e.